The highest BCUT2D eigenvalue weighted by Gasteiger charge is 2.15. The molecule has 3 rings (SSSR count). The second-order valence-electron chi connectivity index (χ2n) is 5.56. The highest BCUT2D eigenvalue weighted by Crippen LogP contribution is 2.34. The number of hydrogen-bond donors (Lipinski definition) is 3. The number of phenolic OH excluding ortho intramolecular Hbond substituents is 1. The molecule has 27 heavy (non-hydrogen) atoms. The summed E-state index contributed by atoms with van der Waals surface area (Å²) < 4.78 is 5.07. The van der Waals surface area contributed by atoms with Crippen LogP contribution in [0.3, 0.4) is 0 Å². The maximum absolute atomic E-state index is 12.4. The Hall–Kier alpha value is -2.54. The molecule has 0 atom stereocenters. The monoisotopic (exact) mass is 420 g/mol. The molecule has 0 spiro atoms. The fraction of sp³-hybridized carbons (Fsp3) is 0.0526. The highest BCUT2D eigenvalue weighted by molar-refractivity contribution is 7.80. The number of ether oxygens (including phenoxy) is 1. The predicted octanol–water partition coefficient (Wildman–Crippen LogP) is 4.99. The molecule has 0 heterocycles. The van der Waals surface area contributed by atoms with E-state index in [1.165, 1.54) is 19.2 Å². The van der Waals surface area contributed by atoms with Gasteiger partial charge in [-0.25, -0.2) is 0 Å². The van der Waals surface area contributed by atoms with Gasteiger partial charge in [-0.1, -0.05) is 47.5 Å². The molecule has 0 aliphatic heterocycles. The van der Waals surface area contributed by atoms with Crippen molar-refractivity contribution in [2.24, 2.45) is 0 Å². The van der Waals surface area contributed by atoms with Crippen LogP contribution in [0.5, 0.6) is 11.5 Å². The fourth-order valence-corrected chi connectivity index (χ4v) is 3.46. The standard InChI is InChI=1S/C19H14Cl2N2O3S/c1-26-17-13(20)8-10(9-14(17)21)18(25)23-19(27)22-15-6-2-5-12-11(15)4-3-7-16(12)24/h2-9,24H,1H3,(H2,22,23,25,27). The van der Waals surface area contributed by atoms with E-state index < -0.39 is 5.91 Å². The van der Waals surface area contributed by atoms with Gasteiger partial charge in [0.1, 0.15) is 5.75 Å². The van der Waals surface area contributed by atoms with Crippen LogP contribution in [0.4, 0.5) is 5.69 Å². The number of thiocarbonyl (C=S) groups is 1. The van der Waals surface area contributed by atoms with Gasteiger partial charge in [-0.05, 0) is 36.5 Å². The molecule has 0 aliphatic rings. The lowest BCUT2D eigenvalue weighted by atomic mass is 10.1. The summed E-state index contributed by atoms with van der Waals surface area (Å²) in [5.74, 6) is -0.0122. The summed E-state index contributed by atoms with van der Waals surface area (Å²) in [5.41, 5.74) is 0.894. The Balaban J connectivity index is 1.79. The predicted molar refractivity (Wildman–Crippen MR) is 112 cm³/mol. The normalized spacial score (nSPS) is 10.5. The minimum atomic E-state index is -0.470. The van der Waals surface area contributed by atoms with E-state index in [0.717, 1.165) is 5.39 Å². The first-order valence-electron chi connectivity index (χ1n) is 7.76. The maximum Gasteiger partial charge on any atom is 0.257 e. The number of halogens is 2. The Morgan fingerprint density at radius 1 is 1.07 bits per heavy atom. The van der Waals surface area contributed by atoms with Crippen LogP contribution in [0.25, 0.3) is 10.8 Å². The third kappa shape index (κ3) is 4.08. The van der Waals surface area contributed by atoms with Gasteiger partial charge in [0, 0.05) is 22.0 Å². The molecule has 0 saturated carbocycles. The summed E-state index contributed by atoms with van der Waals surface area (Å²) in [4.78, 5) is 12.4. The molecule has 1 amide bonds. The Labute approximate surface area is 170 Å². The number of nitrogens with one attached hydrogen (secondary N) is 2. The van der Waals surface area contributed by atoms with Crippen molar-refractivity contribution < 1.29 is 14.6 Å². The summed E-state index contributed by atoms with van der Waals surface area (Å²) in [5, 5.41) is 17.5. The number of hydrogen-bond acceptors (Lipinski definition) is 4. The van der Waals surface area contributed by atoms with Gasteiger partial charge in [0.2, 0.25) is 0 Å². The van der Waals surface area contributed by atoms with Crippen LogP contribution in [0.1, 0.15) is 10.4 Å². The average molecular weight is 421 g/mol. The van der Waals surface area contributed by atoms with Gasteiger partial charge in [-0.2, -0.15) is 0 Å². The van der Waals surface area contributed by atoms with Crippen LogP contribution in [0.15, 0.2) is 48.5 Å². The molecule has 8 heteroatoms. The van der Waals surface area contributed by atoms with E-state index in [1.54, 1.807) is 30.3 Å². The van der Waals surface area contributed by atoms with Crippen LogP contribution >= 0.6 is 35.4 Å². The second kappa shape index (κ2) is 8.00. The lowest BCUT2D eigenvalue weighted by Crippen LogP contribution is -2.34. The molecular weight excluding hydrogens is 407 g/mol. The van der Waals surface area contributed by atoms with E-state index in [4.69, 9.17) is 40.2 Å². The van der Waals surface area contributed by atoms with Gasteiger partial charge in [-0.3, -0.25) is 10.1 Å². The number of methoxy groups -OCH3 is 1. The number of amides is 1. The van der Waals surface area contributed by atoms with Crippen LogP contribution in [0.2, 0.25) is 10.0 Å². The van der Waals surface area contributed by atoms with E-state index in [-0.39, 0.29) is 26.5 Å². The second-order valence-corrected chi connectivity index (χ2v) is 6.78. The van der Waals surface area contributed by atoms with Gasteiger partial charge in [0.25, 0.3) is 5.91 Å². The smallest absolute Gasteiger partial charge is 0.257 e. The Bertz CT molecular complexity index is 1030. The van der Waals surface area contributed by atoms with Crippen molar-refractivity contribution in [3.63, 3.8) is 0 Å². The zero-order valence-electron chi connectivity index (χ0n) is 14.0. The van der Waals surface area contributed by atoms with Crippen molar-refractivity contribution in [1.29, 1.82) is 0 Å². The minimum Gasteiger partial charge on any atom is -0.507 e. The molecule has 0 unspecified atom stereocenters. The molecule has 0 aliphatic carbocycles. The van der Waals surface area contributed by atoms with Crippen LogP contribution in [0, 0.1) is 0 Å². The van der Waals surface area contributed by atoms with Crippen LogP contribution < -0.4 is 15.4 Å². The number of anilines is 1. The molecule has 3 N–H and O–H groups in total. The lowest BCUT2D eigenvalue weighted by Gasteiger charge is -2.13. The number of carbonyl (C=O) groups excluding carboxylic acids is 1. The fourth-order valence-electron chi connectivity index (χ4n) is 2.62. The van der Waals surface area contributed by atoms with Gasteiger partial charge in [0.05, 0.1) is 17.2 Å². The molecule has 0 fully saturated rings. The van der Waals surface area contributed by atoms with Crippen molar-refractivity contribution >= 4 is 62.9 Å². The van der Waals surface area contributed by atoms with E-state index in [2.05, 4.69) is 10.6 Å². The number of phenols is 1. The summed E-state index contributed by atoms with van der Waals surface area (Å²) in [6.45, 7) is 0. The third-order valence-electron chi connectivity index (χ3n) is 3.84. The third-order valence-corrected chi connectivity index (χ3v) is 4.60. The molecule has 138 valence electrons. The minimum absolute atomic E-state index is 0.0962. The Kier molecular flexibility index (Phi) is 5.70. The van der Waals surface area contributed by atoms with Gasteiger partial charge < -0.3 is 15.2 Å². The molecular formula is C19H14Cl2N2O3S. The quantitative estimate of drug-likeness (QED) is 0.520. The number of aromatic hydroxyl groups is 1. The van der Waals surface area contributed by atoms with Crippen LogP contribution in [-0.4, -0.2) is 23.2 Å². The van der Waals surface area contributed by atoms with Gasteiger partial charge >= 0.3 is 0 Å². The number of fused-ring (bicyclic) bond motifs is 1. The molecule has 3 aromatic carbocycles. The zero-order chi connectivity index (χ0) is 19.6. The van der Waals surface area contributed by atoms with Crippen molar-refractivity contribution in [2.75, 3.05) is 12.4 Å². The zero-order valence-corrected chi connectivity index (χ0v) is 16.4. The summed E-state index contributed by atoms with van der Waals surface area (Å²) in [7, 11) is 1.44. The highest BCUT2D eigenvalue weighted by atomic mass is 35.5. The van der Waals surface area contributed by atoms with Crippen molar-refractivity contribution in [1.82, 2.24) is 5.32 Å². The topological polar surface area (TPSA) is 70.6 Å². The van der Waals surface area contributed by atoms with E-state index in [0.29, 0.717) is 16.8 Å². The molecule has 0 bridgehead atoms. The number of carbonyl (C=O) groups is 1. The van der Waals surface area contributed by atoms with E-state index >= 15 is 0 Å². The maximum atomic E-state index is 12.4. The van der Waals surface area contributed by atoms with Crippen molar-refractivity contribution in [3.8, 4) is 11.5 Å². The summed E-state index contributed by atoms with van der Waals surface area (Å²) >= 11 is 17.4. The summed E-state index contributed by atoms with van der Waals surface area (Å²) in [6.07, 6.45) is 0. The molecule has 3 aromatic rings. The molecule has 0 aromatic heterocycles. The first-order valence-corrected chi connectivity index (χ1v) is 8.93. The SMILES string of the molecule is COc1c(Cl)cc(C(=O)NC(=S)Nc2cccc3c(O)cccc23)cc1Cl. The summed E-state index contributed by atoms with van der Waals surface area (Å²) in [6, 6.07) is 13.4. The van der Waals surface area contributed by atoms with Crippen molar-refractivity contribution in [2.45, 2.75) is 0 Å². The van der Waals surface area contributed by atoms with Crippen LogP contribution in [-0.2, 0) is 0 Å². The Morgan fingerprint density at radius 3 is 2.37 bits per heavy atom. The first kappa shape index (κ1) is 19.2. The molecule has 0 radical (unpaired) electrons. The molecule has 5 nitrogen and oxygen atoms in total. The average Bonchev–Trinajstić information content (AvgIpc) is 2.62. The lowest BCUT2D eigenvalue weighted by molar-refractivity contribution is 0.0977. The van der Waals surface area contributed by atoms with Gasteiger partial charge in [0.15, 0.2) is 10.9 Å². The number of rotatable bonds is 3. The van der Waals surface area contributed by atoms with Gasteiger partial charge in [-0.15, -0.1) is 0 Å². The first-order chi connectivity index (χ1) is 12.9. The Morgan fingerprint density at radius 2 is 1.70 bits per heavy atom. The number of benzene rings is 3. The van der Waals surface area contributed by atoms with E-state index in [1.807, 2.05) is 6.07 Å². The van der Waals surface area contributed by atoms with E-state index in [9.17, 15) is 9.90 Å². The molecule has 0 saturated heterocycles. The largest absolute Gasteiger partial charge is 0.507 e. The van der Waals surface area contributed by atoms with Crippen molar-refractivity contribution in [3.05, 3.63) is 64.1 Å².